The van der Waals surface area contributed by atoms with Gasteiger partial charge >= 0.3 is 5.97 Å². The highest BCUT2D eigenvalue weighted by molar-refractivity contribution is 6.04. The van der Waals surface area contributed by atoms with E-state index in [1.54, 1.807) is 7.11 Å². The summed E-state index contributed by atoms with van der Waals surface area (Å²) < 4.78 is 5.38. The van der Waals surface area contributed by atoms with E-state index in [1.165, 1.54) is 6.20 Å². The number of carboxylic acids is 1. The number of rotatable bonds is 4. The normalized spacial score (nSPS) is 21.6. The van der Waals surface area contributed by atoms with Gasteiger partial charge in [0.2, 0.25) is 0 Å². The van der Waals surface area contributed by atoms with Gasteiger partial charge in [0.05, 0.1) is 17.3 Å². The number of pyridine rings is 1. The topological polar surface area (TPSA) is 71.5 Å². The summed E-state index contributed by atoms with van der Waals surface area (Å²) in [5.74, 6) is -0.961. The Morgan fingerprint density at radius 2 is 2.19 bits per heavy atom. The van der Waals surface area contributed by atoms with Crippen molar-refractivity contribution in [1.82, 2.24) is 4.98 Å². The Morgan fingerprint density at radius 1 is 1.38 bits per heavy atom. The zero-order chi connectivity index (χ0) is 14.8. The van der Waals surface area contributed by atoms with E-state index >= 15 is 0 Å². The Bertz CT molecular complexity index is 672. The van der Waals surface area contributed by atoms with Gasteiger partial charge in [-0.1, -0.05) is 18.2 Å². The van der Waals surface area contributed by atoms with E-state index < -0.39 is 5.97 Å². The number of nitrogens with zero attached hydrogens (tertiary/aromatic N) is 1. The summed E-state index contributed by atoms with van der Waals surface area (Å²) in [5, 5.41) is 13.6. The van der Waals surface area contributed by atoms with Crippen LogP contribution in [-0.2, 0) is 4.74 Å². The standard InChI is InChI=1S/C16H18N2O3/c1-21-11-7-6-10(8-11)18-15-12-4-2-3-5-14(12)17-9-13(15)16(19)20/h2-5,9-11H,6-8H2,1H3,(H,17,18)(H,19,20). The Hall–Kier alpha value is -2.14. The molecule has 1 aromatic heterocycles. The van der Waals surface area contributed by atoms with E-state index in [9.17, 15) is 9.90 Å². The number of benzene rings is 1. The van der Waals surface area contributed by atoms with Crippen LogP contribution < -0.4 is 5.32 Å². The van der Waals surface area contributed by atoms with Crippen LogP contribution >= 0.6 is 0 Å². The molecule has 0 saturated heterocycles. The van der Waals surface area contributed by atoms with Crippen molar-refractivity contribution in [3.63, 3.8) is 0 Å². The first-order valence-electron chi connectivity index (χ1n) is 7.09. The van der Waals surface area contributed by atoms with E-state index in [2.05, 4.69) is 10.3 Å². The van der Waals surface area contributed by atoms with Crippen molar-refractivity contribution in [2.24, 2.45) is 0 Å². The van der Waals surface area contributed by atoms with Gasteiger partial charge in [0, 0.05) is 24.7 Å². The lowest BCUT2D eigenvalue weighted by Crippen LogP contribution is -2.19. The van der Waals surface area contributed by atoms with Crippen molar-refractivity contribution in [1.29, 1.82) is 0 Å². The number of fused-ring (bicyclic) bond motifs is 1. The lowest BCUT2D eigenvalue weighted by Gasteiger charge is -2.18. The SMILES string of the molecule is COC1CCC(Nc2c(C(=O)O)cnc3ccccc23)C1. The highest BCUT2D eigenvalue weighted by Crippen LogP contribution is 2.30. The lowest BCUT2D eigenvalue weighted by atomic mass is 10.1. The minimum absolute atomic E-state index is 0.217. The van der Waals surface area contributed by atoms with Crippen LogP contribution in [0.4, 0.5) is 5.69 Å². The number of nitrogens with one attached hydrogen (secondary N) is 1. The molecule has 2 N–H and O–H groups in total. The fraction of sp³-hybridized carbons (Fsp3) is 0.375. The highest BCUT2D eigenvalue weighted by Gasteiger charge is 2.26. The maximum atomic E-state index is 11.5. The average Bonchev–Trinajstić information content (AvgIpc) is 2.95. The van der Waals surface area contributed by atoms with Crippen molar-refractivity contribution in [3.8, 4) is 0 Å². The fourth-order valence-electron chi connectivity index (χ4n) is 2.95. The largest absolute Gasteiger partial charge is 0.478 e. The molecule has 110 valence electrons. The molecule has 1 aliphatic carbocycles. The van der Waals surface area contributed by atoms with Crippen LogP contribution in [0, 0.1) is 0 Å². The third kappa shape index (κ3) is 2.69. The quantitative estimate of drug-likeness (QED) is 0.904. The van der Waals surface area contributed by atoms with Gasteiger partial charge in [-0.3, -0.25) is 4.98 Å². The first-order chi connectivity index (χ1) is 10.2. The summed E-state index contributed by atoms with van der Waals surface area (Å²) in [7, 11) is 1.72. The van der Waals surface area contributed by atoms with E-state index in [4.69, 9.17) is 4.74 Å². The van der Waals surface area contributed by atoms with E-state index in [0.717, 1.165) is 30.2 Å². The summed E-state index contributed by atoms with van der Waals surface area (Å²) >= 11 is 0. The van der Waals surface area contributed by atoms with Gasteiger partial charge < -0.3 is 15.2 Å². The number of carbonyl (C=O) groups is 1. The lowest BCUT2D eigenvalue weighted by molar-refractivity contribution is 0.0697. The summed E-state index contributed by atoms with van der Waals surface area (Å²) in [6, 6.07) is 7.82. The van der Waals surface area contributed by atoms with Crippen LogP contribution in [0.1, 0.15) is 29.6 Å². The van der Waals surface area contributed by atoms with Crippen molar-refractivity contribution < 1.29 is 14.6 Å². The molecule has 0 radical (unpaired) electrons. The van der Waals surface area contributed by atoms with Gasteiger partial charge in [-0.05, 0) is 25.3 Å². The van der Waals surface area contributed by atoms with E-state index in [0.29, 0.717) is 5.69 Å². The number of para-hydroxylation sites is 1. The molecular formula is C16H18N2O3. The maximum absolute atomic E-state index is 11.5. The number of methoxy groups -OCH3 is 1. The van der Waals surface area contributed by atoms with Crippen molar-refractivity contribution in [2.45, 2.75) is 31.4 Å². The minimum Gasteiger partial charge on any atom is -0.478 e. The number of hydrogen-bond acceptors (Lipinski definition) is 4. The monoisotopic (exact) mass is 286 g/mol. The van der Waals surface area contributed by atoms with Crippen LogP contribution in [0.2, 0.25) is 0 Å². The molecule has 2 unspecified atom stereocenters. The predicted octanol–water partition coefficient (Wildman–Crippen LogP) is 2.91. The molecule has 5 heteroatoms. The number of carboxylic acid groups (broad SMARTS) is 1. The predicted molar refractivity (Wildman–Crippen MR) is 80.8 cm³/mol. The first kappa shape index (κ1) is 13.8. The number of hydrogen-bond donors (Lipinski definition) is 2. The molecule has 1 aromatic carbocycles. The van der Waals surface area contributed by atoms with Gasteiger partial charge in [0.1, 0.15) is 5.56 Å². The van der Waals surface area contributed by atoms with Crippen LogP contribution in [0.15, 0.2) is 30.5 Å². The minimum atomic E-state index is -0.961. The van der Waals surface area contributed by atoms with Gasteiger partial charge in [-0.2, -0.15) is 0 Å². The molecule has 0 spiro atoms. The maximum Gasteiger partial charge on any atom is 0.339 e. The summed E-state index contributed by atoms with van der Waals surface area (Å²) in [6.07, 6.45) is 4.55. The molecule has 2 atom stereocenters. The summed E-state index contributed by atoms with van der Waals surface area (Å²) in [4.78, 5) is 15.7. The molecule has 5 nitrogen and oxygen atoms in total. The van der Waals surface area contributed by atoms with Crippen molar-refractivity contribution >= 4 is 22.6 Å². The van der Waals surface area contributed by atoms with Crippen molar-refractivity contribution in [2.75, 3.05) is 12.4 Å². The molecule has 1 aliphatic rings. The second-order valence-electron chi connectivity index (χ2n) is 5.38. The van der Waals surface area contributed by atoms with Gasteiger partial charge in [-0.15, -0.1) is 0 Å². The molecule has 21 heavy (non-hydrogen) atoms. The number of aromatic carboxylic acids is 1. The van der Waals surface area contributed by atoms with Gasteiger partial charge in [0.25, 0.3) is 0 Å². The van der Waals surface area contributed by atoms with Crippen LogP contribution in [-0.4, -0.2) is 35.3 Å². The Kier molecular flexibility index (Phi) is 3.75. The zero-order valence-corrected chi connectivity index (χ0v) is 11.9. The smallest absolute Gasteiger partial charge is 0.339 e. The second-order valence-corrected chi connectivity index (χ2v) is 5.38. The first-order valence-corrected chi connectivity index (χ1v) is 7.09. The average molecular weight is 286 g/mol. The molecule has 2 aromatic rings. The molecule has 1 heterocycles. The van der Waals surface area contributed by atoms with Crippen LogP contribution in [0.3, 0.4) is 0 Å². The number of anilines is 1. The molecular weight excluding hydrogens is 268 g/mol. The van der Waals surface area contributed by atoms with Crippen molar-refractivity contribution in [3.05, 3.63) is 36.0 Å². The molecule has 1 fully saturated rings. The Morgan fingerprint density at radius 3 is 2.90 bits per heavy atom. The summed E-state index contributed by atoms with van der Waals surface area (Å²) in [5.41, 5.74) is 1.68. The Balaban J connectivity index is 1.99. The molecule has 0 amide bonds. The second kappa shape index (κ2) is 5.69. The summed E-state index contributed by atoms with van der Waals surface area (Å²) in [6.45, 7) is 0. The molecule has 3 rings (SSSR count). The number of ether oxygens (including phenoxy) is 1. The van der Waals surface area contributed by atoms with Crippen LogP contribution in [0.5, 0.6) is 0 Å². The molecule has 0 aliphatic heterocycles. The zero-order valence-electron chi connectivity index (χ0n) is 11.9. The third-order valence-corrected chi connectivity index (χ3v) is 4.07. The van der Waals surface area contributed by atoms with E-state index in [-0.39, 0.29) is 17.7 Å². The van der Waals surface area contributed by atoms with Crippen LogP contribution in [0.25, 0.3) is 10.9 Å². The van der Waals surface area contributed by atoms with Gasteiger partial charge in [0.15, 0.2) is 0 Å². The highest BCUT2D eigenvalue weighted by atomic mass is 16.5. The molecule has 0 bridgehead atoms. The third-order valence-electron chi connectivity index (χ3n) is 4.07. The molecule has 1 saturated carbocycles. The fourth-order valence-corrected chi connectivity index (χ4v) is 2.95. The number of aromatic nitrogens is 1. The van der Waals surface area contributed by atoms with Gasteiger partial charge in [-0.25, -0.2) is 4.79 Å². The van der Waals surface area contributed by atoms with E-state index in [1.807, 2.05) is 24.3 Å². The Labute approximate surface area is 123 Å².